The number of aliphatic hydroxyl groups is 2. The van der Waals surface area contributed by atoms with E-state index in [0.717, 1.165) is 4.90 Å². The zero-order chi connectivity index (χ0) is 24.8. The normalized spacial score (nSPS) is 35.4. The molecule has 4 aliphatic heterocycles. The van der Waals surface area contributed by atoms with Gasteiger partial charge in [-0.2, -0.15) is 13.2 Å². The molecule has 0 radical (unpaired) electrons. The van der Waals surface area contributed by atoms with Gasteiger partial charge < -0.3 is 37.2 Å². The van der Waals surface area contributed by atoms with Crippen molar-refractivity contribution in [2.75, 3.05) is 13.1 Å². The molecule has 34 heavy (non-hydrogen) atoms. The minimum Gasteiger partial charge on any atom is -0.370 e. The summed E-state index contributed by atoms with van der Waals surface area (Å²) in [5, 5.41) is 27.2. The summed E-state index contributed by atoms with van der Waals surface area (Å²) in [4.78, 5) is 47.3. The molecule has 3 amide bonds. The molecule has 2 unspecified atom stereocenters. The summed E-state index contributed by atoms with van der Waals surface area (Å²) in [6.45, 7) is -0.677. The Morgan fingerprint density at radius 2 is 1.79 bits per heavy atom. The number of imide groups is 1. The zero-order valence-electron chi connectivity index (χ0n) is 17.7. The lowest BCUT2D eigenvalue weighted by molar-refractivity contribution is -0.234. The maximum Gasteiger partial charge on any atom is 0.403 e. The van der Waals surface area contributed by atoms with Crippen molar-refractivity contribution in [3.8, 4) is 0 Å². The minimum atomic E-state index is -4.79. The van der Waals surface area contributed by atoms with Crippen LogP contribution in [0.2, 0.25) is 0 Å². The second-order valence-corrected chi connectivity index (χ2v) is 9.25. The Balaban J connectivity index is 1.47. The molecule has 13 nitrogen and oxygen atoms in total. The van der Waals surface area contributed by atoms with Crippen molar-refractivity contribution in [1.29, 1.82) is 0 Å². The first-order chi connectivity index (χ1) is 15.7. The van der Waals surface area contributed by atoms with Gasteiger partial charge in [0, 0.05) is 19.4 Å². The topological polar surface area (TPSA) is 199 Å². The van der Waals surface area contributed by atoms with E-state index >= 15 is 0 Å². The van der Waals surface area contributed by atoms with Crippen LogP contribution in [0.1, 0.15) is 25.7 Å². The molecule has 1 spiro atoms. The fourth-order valence-electron chi connectivity index (χ4n) is 5.31. The third-order valence-electron chi connectivity index (χ3n) is 7.36. The van der Waals surface area contributed by atoms with Crippen LogP contribution in [0.4, 0.5) is 13.2 Å². The van der Waals surface area contributed by atoms with Crippen molar-refractivity contribution in [1.82, 2.24) is 20.4 Å². The van der Waals surface area contributed by atoms with Crippen LogP contribution in [-0.4, -0.2) is 98.5 Å². The van der Waals surface area contributed by atoms with Crippen LogP contribution in [0.5, 0.6) is 0 Å². The first-order valence-corrected chi connectivity index (χ1v) is 10.6. The number of amides is 3. The average molecular weight is 488 g/mol. The molecule has 1 saturated carbocycles. The Bertz CT molecular complexity index is 1030. The number of nitrogens with one attached hydrogen (secondary N) is 2. The van der Waals surface area contributed by atoms with Crippen molar-refractivity contribution in [2.24, 2.45) is 26.9 Å². The molecule has 5 rings (SSSR count). The highest BCUT2D eigenvalue weighted by atomic mass is 19.4. The first kappa shape index (κ1) is 22.6. The molecule has 4 heterocycles. The molecular formula is C18H23F3N8O5. The summed E-state index contributed by atoms with van der Waals surface area (Å²) < 4.78 is 40.2. The molecule has 186 valence electrons. The van der Waals surface area contributed by atoms with Crippen LogP contribution in [0.25, 0.3) is 0 Å². The number of carbonyl (C=O) groups excluding carboxylic acids is 3. The molecule has 0 bridgehead atoms. The molecular weight excluding hydrogens is 465 g/mol. The van der Waals surface area contributed by atoms with Gasteiger partial charge in [0.05, 0.1) is 12.6 Å². The van der Waals surface area contributed by atoms with Crippen LogP contribution < -0.4 is 22.1 Å². The fraction of sp³-hybridized carbons (Fsp3) is 0.722. The van der Waals surface area contributed by atoms with Gasteiger partial charge in [-0.3, -0.25) is 19.3 Å². The van der Waals surface area contributed by atoms with Crippen molar-refractivity contribution >= 4 is 29.6 Å². The summed E-state index contributed by atoms with van der Waals surface area (Å²) >= 11 is 0. The Kier molecular flexibility index (Phi) is 4.47. The molecule has 16 heteroatoms. The number of carbonyl (C=O) groups is 3. The largest absolute Gasteiger partial charge is 0.403 e. The summed E-state index contributed by atoms with van der Waals surface area (Å²) in [5.74, 6) is -5.65. The number of hydrogen-bond donors (Lipinski definition) is 6. The van der Waals surface area contributed by atoms with E-state index < -0.39 is 78.3 Å². The monoisotopic (exact) mass is 488 g/mol. The summed E-state index contributed by atoms with van der Waals surface area (Å²) in [6, 6.07) is -3.86. The Morgan fingerprint density at radius 3 is 2.35 bits per heavy atom. The lowest BCUT2D eigenvalue weighted by atomic mass is 9.84. The van der Waals surface area contributed by atoms with Gasteiger partial charge in [0.1, 0.15) is 17.5 Å². The Hall–Kier alpha value is -3.14. The number of rotatable bonds is 4. The number of nitrogens with zero attached hydrogens (tertiary/aromatic N) is 4. The number of aliphatic imine (C=N–C) groups is 2. The predicted octanol–water partition coefficient (Wildman–Crippen LogP) is -3.36. The van der Waals surface area contributed by atoms with E-state index in [0.29, 0.717) is 0 Å². The van der Waals surface area contributed by atoms with Crippen LogP contribution in [0.3, 0.4) is 0 Å². The Morgan fingerprint density at radius 1 is 1.18 bits per heavy atom. The van der Waals surface area contributed by atoms with E-state index in [1.165, 1.54) is 4.90 Å². The fourth-order valence-corrected chi connectivity index (χ4v) is 5.31. The van der Waals surface area contributed by atoms with Gasteiger partial charge >= 0.3 is 6.18 Å². The summed E-state index contributed by atoms with van der Waals surface area (Å²) in [7, 11) is 0. The average Bonchev–Trinajstić information content (AvgIpc) is 3.35. The van der Waals surface area contributed by atoms with Gasteiger partial charge in [-0.05, 0) is 12.8 Å². The summed E-state index contributed by atoms with van der Waals surface area (Å²) in [5.41, 5.74) is 7.32. The lowest BCUT2D eigenvalue weighted by Crippen LogP contribution is -2.78. The molecule has 5 aliphatic rings. The number of likely N-dealkylation sites (tertiary alicyclic amines) is 1. The van der Waals surface area contributed by atoms with E-state index in [1.807, 2.05) is 0 Å². The molecule has 0 aromatic heterocycles. The standard InChI is InChI=1S/C18H23F3N8O5/c19-18(20,21)15(3-4-15)12(32)25-8-6-29-14(23)24-7(5-28-9(30)1-2-10(28)31)11-16(29,17(8,33)34)27-13(22)26-11/h7-8,11,33-34H,1-6H2,(H2,23,24)(H,25,32)(H3,22,26,27)/t7?,8?,11-,16-/m0/s1. The van der Waals surface area contributed by atoms with Gasteiger partial charge in [-0.25, -0.2) is 9.98 Å². The molecule has 0 aromatic rings. The maximum absolute atomic E-state index is 13.4. The number of hydrogen-bond acceptors (Lipinski definition) is 11. The number of guanidine groups is 2. The SMILES string of the molecule is NC1=N[C@H]2C(CN3C(=O)CCC3=O)N=C(N)N3CC(NC(=O)C4(C(F)(F)F)CC4)C(O)(O)[C@]23N1. The van der Waals surface area contributed by atoms with E-state index in [9.17, 15) is 37.8 Å². The van der Waals surface area contributed by atoms with E-state index in [2.05, 4.69) is 20.6 Å². The predicted molar refractivity (Wildman–Crippen MR) is 106 cm³/mol. The second kappa shape index (κ2) is 6.71. The smallest absolute Gasteiger partial charge is 0.370 e. The van der Waals surface area contributed by atoms with Crippen LogP contribution >= 0.6 is 0 Å². The van der Waals surface area contributed by atoms with Crippen molar-refractivity contribution < 1.29 is 37.8 Å². The van der Waals surface area contributed by atoms with Gasteiger partial charge in [0.2, 0.25) is 23.5 Å². The highest BCUT2D eigenvalue weighted by Crippen LogP contribution is 2.58. The molecule has 3 fully saturated rings. The minimum absolute atomic E-state index is 0.0232. The molecule has 2 saturated heterocycles. The molecule has 4 atom stereocenters. The van der Waals surface area contributed by atoms with E-state index in [4.69, 9.17) is 11.5 Å². The highest BCUT2D eigenvalue weighted by Gasteiger charge is 2.75. The third-order valence-corrected chi connectivity index (χ3v) is 7.36. The van der Waals surface area contributed by atoms with Crippen LogP contribution in [-0.2, 0) is 14.4 Å². The van der Waals surface area contributed by atoms with Gasteiger partial charge in [0.25, 0.3) is 0 Å². The van der Waals surface area contributed by atoms with Gasteiger partial charge in [0.15, 0.2) is 17.6 Å². The van der Waals surface area contributed by atoms with E-state index in [-0.39, 0.29) is 31.3 Å². The Labute approximate surface area is 190 Å². The van der Waals surface area contributed by atoms with Crippen molar-refractivity contribution in [3.63, 3.8) is 0 Å². The number of alkyl halides is 3. The lowest BCUT2D eigenvalue weighted by Gasteiger charge is -2.49. The van der Waals surface area contributed by atoms with Gasteiger partial charge in [-0.1, -0.05) is 0 Å². The van der Waals surface area contributed by atoms with Crippen molar-refractivity contribution in [3.05, 3.63) is 0 Å². The maximum atomic E-state index is 13.4. The van der Waals surface area contributed by atoms with Crippen LogP contribution in [0, 0.1) is 5.41 Å². The number of nitrogens with two attached hydrogens (primary N) is 2. The second-order valence-electron chi connectivity index (χ2n) is 9.25. The van der Waals surface area contributed by atoms with E-state index in [1.54, 1.807) is 0 Å². The summed E-state index contributed by atoms with van der Waals surface area (Å²) in [6.07, 6.45) is -5.57. The molecule has 1 aliphatic carbocycles. The zero-order valence-corrected chi connectivity index (χ0v) is 17.7. The first-order valence-electron chi connectivity index (χ1n) is 10.6. The van der Waals surface area contributed by atoms with Gasteiger partial charge in [-0.15, -0.1) is 0 Å². The third kappa shape index (κ3) is 2.77. The molecule has 8 N–H and O–H groups in total. The quantitative estimate of drug-likeness (QED) is 0.173. The number of halogens is 3. The molecule has 0 aromatic carbocycles. The van der Waals surface area contributed by atoms with Crippen LogP contribution in [0.15, 0.2) is 9.98 Å². The highest BCUT2D eigenvalue weighted by molar-refractivity contribution is 6.02. The van der Waals surface area contributed by atoms with Crippen molar-refractivity contribution in [2.45, 2.75) is 61.4 Å².